The standard InChI is InChI=1S/C24H29N5O2S/c1-18(2)13-16-26-32(30,31)21-11-9-20(10-12-21)27-24-25-15-14-23(28-24)29-17-5-7-19-6-3-4-8-22(19)29/h3-4,6,8-12,14-15,18,26H,5,7,13,16-17H2,1-2H3,(H,25,27,28). The van der Waals surface area contributed by atoms with E-state index in [2.05, 4.69) is 52.0 Å². The Kier molecular flexibility index (Phi) is 6.72. The fourth-order valence-electron chi connectivity index (χ4n) is 3.74. The predicted octanol–water partition coefficient (Wildman–Crippen LogP) is 4.63. The van der Waals surface area contributed by atoms with Gasteiger partial charge in [0.1, 0.15) is 5.82 Å². The summed E-state index contributed by atoms with van der Waals surface area (Å²) < 4.78 is 27.5. The normalized spacial score (nSPS) is 13.8. The smallest absolute Gasteiger partial charge is 0.240 e. The van der Waals surface area contributed by atoms with Gasteiger partial charge in [-0.25, -0.2) is 18.1 Å². The second-order valence-corrected chi connectivity index (χ2v) is 10.1. The van der Waals surface area contributed by atoms with Crippen molar-refractivity contribution in [3.05, 3.63) is 66.4 Å². The van der Waals surface area contributed by atoms with Crippen molar-refractivity contribution in [1.82, 2.24) is 14.7 Å². The third-order valence-corrected chi connectivity index (χ3v) is 6.94. The van der Waals surface area contributed by atoms with Crippen LogP contribution in [0.1, 0.15) is 32.3 Å². The van der Waals surface area contributed by atoms with Gasteiger partial charge in [-0.2, -0.15) is 4.98 Å². The maximum atomic E-state index is 12.4. The Hall–Kier alpha value is -2.97. The molecule has 0 fully saturated rings. The van der Waals surface area contributed by atoms with Crippen molar-refractivity contribution in [2.45, 2.75) is 38.0 Å². The van der Waals surface area contributed by atoms with Gasteiger partial charge in [-0.3, -0.25) is 0 Å². The van der Waals surface area contributed by atoms with E-state index in [1.165, 1.54) is 11.3 Å². The SMILES string of the molecule is CC(C)CCNS(=O)(=O)c1ccc(Nc2nccc(N3CCCc4ccccc43)n2)cc1. The molecule has 1 aromatic heterocycles. The Bertz CT molecular complexity index is 1160. The van der Waals surface area contributed by atoms with Crippen LogP contribution < -0.4 is 14.9 Å². The lowest BCUT2D eigenvalue weighted by molar-refractivity contribution is 0.551. The number of fused-ring (bicyclic) bond motifs is 1. The summed E-state index contributed by atoms with van der Waals surface area (Å²) in [6, 6.07) is 16.9. The molecule has 0 aliphatic carbocycles. The highest BCUT2D eigenvalue weighted by molar-refractivity contribution is 7.89. The number of aryl methyl sites for hydroxylation is 1. The van der Waals surface area contributed by atoms with Crippen LogP contribution in [0, 0.1) is 5.92 Å². The number of anilines is 4. The zero-order valence-electron chi connectivity index (χ0n) is 18.5. The summed E-state index contributed by atoms with van der Waals surface area (Å²) in [6.45, 7) is 5.47. The van der Waals surface area contributed by atoms with Crippen LogP contribution in [-0.4, -0.2) is 31.5 Å². The second-order valence-electron chi connectivity index (χ2n) is 8.35. The van der Waals surface area contributed by atoms with Crippen molar-refractivity contribution in [3.63, 3.8) is 0 Å². The lowest BCUT2D eigenvalue weighted by Crippen LogP contribution is -2.25. The van der Waals surface area contributed by atoms with Gasteiger partial charge in [-0.1, -0.05) is 32.0 Å². The number of hydrogen-bond donors (Lipinski definition) is 2. The second kappa shape index (κ2) is 9.67. The van der Waals surface area contributed by atoms with Crippen molar-refractivity contribution in [3.8, 4) is 0 Å². The molecule has 4 rings (SSSR count). The van der Waals surface area contributed by atoms with Crippen LogP contribution in [0.3, 0.4) is 0 Å². The fraction of sp³-hybridized carbons (Fsp3) is 0.333. The fourth-order valence-corrected chi connectivity index (χ4v) is 4.79. The Balaban J connectivity index is 1.47. The molecule has 1 aliphatic rings. The number of nitrogens with one attached hydrogen (secondary N) is 2. The molecule has 1 aliphatic heterocycles. The number of sulfonamides is 1. The minimum absolute atomic E-state index is 0.242. The quantitative estimate of drug-likeness (QED) is 0.519. The molecule has 8 heteroatoms. The monoisotopic (exact) mass is 451 g/mol. The van der Waals surface area contributed by atoms with Gasteiger partial charge in [0, 0.05) is 30.7 Å². The summed E-state index contributed by atoms with van der Waals surface area (Å²) in [4.78, 5) is 11.5. The molecule has 0 radical (unpaired) electrons. The van der Waals surface area contributed by atoms with E-state index < -0.39 is 10.0 Å². The van der Waals surface area contributed by atoms with E-state index in [0.29, 0.717) is 18.4 Å². The van der Waals surface area contributed by atoms with Gasteiger partial charge in [0.2, 0.25) is 16.0 Å². The van der Waals surface area contributed by atoms with Gasteiger partial charge in [-0.05, 0) is 67.1 Å². The van der Waals surface area contributed by atoms with Gasteiger partial charge in [0.25, 0.3) is 0 Å². The van der Waals surface area contributed by atoms with Crippen molar-refractivity contribution in [2.24, 2.45) is 5.92 Å². The first-order valence-corrected chi connectivity index (χ1v) is 12.5. The first kappa shape index (κ1) is 22.2. The van der Waals surface area contributed by atoms with E-state index >= 15 is 0 Å². The molecule has 3 aromatic rings. The van der Waals surface area contributed by atoms with Crippen LogP contribution >= 0.6 is 0 Å². The van der Waals surface area contributed by atoms with E-state index in [4.69, 9.17) is 4.98 Å². The molecule has 0 unspecified atom stereocenters. The molecule has 2 heterocycles. The molecule has 0 saturated carbocycles. The topological polar surface area (TPSA) is 87.2 Å². The highest BCUT2D eigenvalue weighted by atomic mass is 32.2. The predicted molar refractivity (Wildman–Crippen MR) is 128 cm³/mol. The largest absolute Gasteiger partial charge is 0.326 e. The van der Waals surface area contributed by atoms with E-state index in [1.807, 2.05) is 12.1 Å². The average molecular weight is 452 g/mol. The molecule has 0 spiro atoms. The zero-order valence-corrected chi connectivity index (χ0v) is 19.3. The summed E-state index contributed by atoms with van der Waals surface area (Å²) in [5.41, 5.74) is 3.23. The van der Waals surface area contributed by atoms with E-state index in [1.54, 1.807) is 30.5 Å². The summed E-state index contributed by atoms with van der Waals surface area (Å²) in [5.74, 6) is 1.75. The molecule has 2 N–H and O–H groups in total. The summed E-state index contributed by atoms with van der Waals surface area (Å²) >= 11 is 0. The molecular formula is C24H29N5O2S. The van der Waals surface area contributed by atoms with Crippen LogP contribution in [0.2, 0.25) is 0 Å². The third-order valence-electron chi connectivity index (χ3n) is 5.46. The molecule has 32 heavy (non-hydrogen) atoms. The lowest BCUT2D eigenvalue weighted by Gasteiger charge is -2.30. The van der Waals surface area contributed by atoms with Crippen molar-refractivity contribution in [1.29, 1.82) is 0 Å². The number of nitrogens with zero attached hydrogens (tertiary/aromatic N) is 3. The van der Waals surface area contributed by atoms with E-state index in [9.17, 15) is 8.42 Å². The molecule has 168 valence electrons. The molecule has 2 aromatic carbocycles. The van der Waals surface area contributed by atoms with Gasteiger partial charge in [0.05, 0.1) is 4.90 Å². The Labute approximate surface area is 190 Å². The number of aromatic nitrogens is 2. The Morgan fingerprint density at radius 3 is 2.62 bits per heavy atom. The van der Waals surface area contributed by atoms with E-state index in [0.717, 1.165) is 37.3 Å². The average Bonchev–Trinajstić information content (AvgIpc) is 2.79. The summed E-state index contributed by atoms with van der Waals surface area (Å²) in [5, 5.41) is 3.18. The maximum absolute atomic E-state index is 12.4. The minimum Gasteiger partial charge on any atom is -0.326 e. The van der Waals surface area contributed by atoms with Crippen LogP contribution in [0.4, 0.5) is 23.1 Å². The number of rotatable bonds is 8. The van der Waals surface area contributed by atoms with Crippen molar-refractivity contribution >= 4 is 33.2 Å². The minimum atomic E-state index is -3.51. The van der Waals surface area contributed by atoms with Crippen molar-refractivity contribution in [2.75, 3.05) is 23.3 Å². The third kappa shape index (κ3) is 5.26. The van der Waals surface area contributed by atoms with E-state index in [-0.39, 0.29) is 4.90 Å². The lowest BCUT2D eigenvalue weighted by atomic mass is 10.0. The van der Waals surface area contributed by atoms with Crippen LogP contribution in [0.15, 0.2) is 65.7 Å². The van der Waals surface area contributed by atoms with Crippen LogP contribution in [0.5, 0.6) is 0 Å². The Morgan fingerprint density at radius 1 is 1.06 bits per heavy atom. The van der Waals surface area contributed by atoms with Crippen LogP contribution in [-0.2, 0) is 16.4 Å². The van der Waals surface area contributed by atoms with Crippen LogP contribution in [0.25, 0.3) is 0 Å². The first-order valence-electron chi connectivity index (χ1n) is 11.0. The molecule has 0 atom stereocenters. The maximum Gasteiger partial charge on any atom is 0.240 e. The highest BCUT2D eigenvalue weighted by Gasteiger charge is 2.19. The molecule has 7 nitrogen and oxygen atoms in total. The molecule has 0 amide bonds. The molecular weight excluding hydrogens is 422 g/mol. The van der Waals surface area contributed by atoms with Gasteiger partial charge in [0.15, 0.2) is 0 Å². The number of hydrogen-bond acceptors (Lipinski definition) is 6. The zero-order chi connectivity index (χ0) is 22.6. The first-order chi connectivity index (χ1) is 15.4. The summed E-state index contributed by atoms with van der Waals surface area (Å²) in [6.07, 6.45) is 4.68. The number of para-hydroxylation sites is 1. The highest BCUT2D eigenvalue weighted by Crippen LogP contribution is 2.32. The Morgan fingerprint density at radius 2 is 1.84 bits per heavy atom. The summed E-state index contributed by atoms with van der Waals surface area (Å²) in [7, 11) is -3.51. The molecule has 0 bridgehead atoms. The van der Waals surface area contributed by atoms with Gasteiger partial charge >= 0.3 is 0 Å². The van der Waals surface area contributed by atoms with Gasteiger partial charge < -0.3 is 10.2 Å². The van der Waals surface area contributed by atoms with Gasteiger partial charge in [-0.15, -0.1) is 0 Å². The molecule has 0 saturated heterocycles. The van der Waals surface area contributed by atoms with Crippen molar-refractivity contribution < 1.29 is 8.42 Å². The number of benzene rings is 2.